The molecule has 0 aromatic heterocycles. The van der Waals surface area contributed by atoms with E-state index >= 15 is 0 Å². The minimum Gasteiger partial charge on any atom is -0.504 e. The summed E-state index contributed by atoms with van der Waals surface area (Å²) in [5.41, 5.74) is 0.381. The molecule has 138 valence electrons. The number of rotatable bonds is 2. The third kappa shape index (κ3) is 2.56. The number of hydrogen-bond donors (Lipinski definition) is 4. The van der Waals surface area contributed by atoms with E-state index in [1.807, 2.05) is 20.8 Å². The first-order valence-corrected chi connectivity index (χ1v) is 8.97. The van der Waals surface area contributed by atoms with Gasteiger partial charge < -0.3 is 20.4 Å². The van der Waals surface area contributed by atoms with Crippen LogP contribution in [0.3, 0.4) is 0 Å². The first-order chi connectivity index (χ1) is 11.5. The van der Waals surface area contributed by atoms with E-state index in [1.165, 1.54) is 0 Å². The number of aromatic hydroxyl groups is 2. The van der Waals surface area contributed by atoms with Gasteiger partial charge in [-0.25, -0.2) is 0 Å². The molecule has 0 aliphatic heterocycles. The number of ketones is 1. The SMILES string of the molecule is CC(O)Cc1cc2c(c(O)c1O)[C@]1(C)CC[C@@H](O)C(C)(C)[C@H]1CC2=O. The average molecular weight is 348 g/mol. The number of aliphatic hydroxyl groups excluding tert-OH is 2. The van der Waals surface area contributed by atoms with Gasteiger partial charge >= 0.3 is 0 Å². The lowest BCUT2D eigenvalue weighted by Crippen LogP contribution is -2.54. The Morgan fingerprint density at radius 2 is 1.88 bits per heavy atom. The van der Waals surface area contributed by atoms with Gasteiger partial charge in [-0.1, -0.05) is 20.8 Å². The lowest BCUT2D eigenvalue weighted by molar-refractivity contribution is -0.0692. The van der Waals surface area contributed by atoms with E-state index in [4.69, 9.17) is 0 Å². The van der Waals surface area contributed by atoms with Gasteiger partial charge in [-0.3, -0.25) is 4.79 Å². The number of hydrogen-bond acceptors (Lipinski definition) is 5. The molecular weight excluding hydrogens is 320 g/mol. The van der Waals surface area contributed by atoms with Crippen LogP contribution in [-0.2, 0) is 11.8 Å². The molecule has 25 heavy (non-hydrogen) atoms. The van der Waals surface area contributed by atoms with Gasteiger partial charge in [-0.05, 0) is 37.2 Å². The Morgan fingerprint density at radius 3 is 2.48 bits per heavy atom. The summed E-state index contributed by atoms with van der Waals surface area (Å²) in [6, 6.07) is 1.62. The summed E-state index contributed by atoms with van der Waals surface area (Å²) in [7, 11) is 0. The highest BCUT2D eigenvalue weighted by atomic mass is 16.3. The predicted molar refractivity (Wildman–Crippen MR) is 94.0 cm³/mol. The molecule has 1 aromatic carbocycles. The van der Waals surface area contributed by atoms with Crippen molar-refractivity contribution in [3.05, 3.63) is 22.8 Å². The fourth-order valence-corrected chi connectivity index (χ4v) is 5.10. The number of Topliss-reactive ketones (excluding diaryl/α,β-unsaturated/α-hetero) is 1. The van der Waals surface area contributed by atoms with Crippen LogP contribution in [0.15, 0.2) is 6.07 Å². The molecule has 1 saturated carbocycles. The highest BCUT2D eigenvalue weighted by Crippen LogP contribution is 2.60. The van der Waals surface area contributed by atoms with Crippen molar-refractivity contribution in [1.82, 2.24) is 0 Å². The summed E-state index contributed by atoms with van der Waals surface area (Å²) in [4.78, 5) is 12.8. The second-order valence-electron chi connectivity index (χ2n) is 8.68. The Bertz CT molecular complexity index is 721. The van der Waals surface area contributed by atoms with Crippen LogP contribution in [0.2, 0.25) is 0 Å². The van der Waals surface area contributed by atoms with Crippen LogP contribution in [0.25, 0.3) is 0 Å². The Balaban J connectivity index is 2.21. The van der Waals surface area contributed by atoms with Crippen LogP contribution in [0.1, 0.15) is 68.4 Å². The highest BCUT2D eigenvalue weighted by Gasteiger charge is 2.56. The van der Waals surface area contributed by atoms with Crippen LogP contribution in [0.5, 0.6) is 11.5 Å². The zero-order chi connectivity index (χ0) is 18.7. The number of fused-ring (bicyclic) bond motifs is 3. The van der Waals surface area contributed by atoms with Crippen molar-refractivity contribution in [1.29, 1.82) is 0 Å². The lowest BCUT2D eigenvalue weighted by Gasteiger charge is -2.55. The zero-order valence-electron chi connectivity index (χ0n) is 15.3. The normalized spacial score (nSPS) is 32.0. The fourth-order valence-electron chi connectivity index (χ4n) is 5.10. The number of phenolic OH excluding ortho intramolecular Hbond substituents is 2. The lowest BCUT2D eigenvalue weighted by atomic mass is 9.49. The maximum Gasteiger partial charge on any atom is 0.163 e. The van der Waals surface area contributed by atoms with Gasteiger partial charge in [0.05, 0.1) is 12.2 Å². The summed E-state index contributed by atoms with van der Waals surface area (Å²) >= 11 is 0. The third-order valence-electron chi connectivity index (χ3n) is 6.59. The number of phenols is 2. The molecule has 4 atom stereocenters. The third-order valence-corrected chi connectivity index (χ3v) is 6.59. The Labute approximate surface area is 148 Å². The molecule has 1 fully saturated rings. The summed E-state index contributed by atoms with van der Waals surface area (Å²) in [6.45, 7) is 7.55. The Kier molecular flexibility index (Phi) is 4.16. The second-order valence-corrected chi connectivity index (χ2v) is 8.68. The quantitative estimate of drug-likeness (QED) is 0.616. The summed E-state index contributed by atoms with van der Waals surface area (Å²) < 4.78 is 0. The summed E-state index contributed by atoms with van der Waals surface area (Å²) in [5, 5.41) is 41.3. The van der Waals surface area contributed by atoms with Crippen LogP contribution in [0.4, 0.5) is 0 Å². The molecule has 2 aliphatic rings. The molecule has 0 spiro atoms. The van der Waals surface area contributed by atoms with Gasteiger partial charge in [0.25, 0.3) is 0 Å². The van der Waals surface area contributed by atoms with Gasteiger partial charge in [0.1, 0.15) is 0 Å². The first-order valence-electron chi connectivity index (χ1n) is 8.97. The van der Waals surface area contributed by atoms with Crippen molar-refractivity contribution in [2.45, 2.75) is 71.0 Å². The molecule has 0 saturated heterocycles. The molecule has 5 nitrogen and oxygen atoms in total. The van der Waals surface area contributed by atoms with Crippen molar-refractivity contribution in [3.8, 4) is 11.5 Å². The maximum atomic E-state index is 12.8. The molecule has 3 rings (SSSR count). The number of carbonyl (C=O) groups is 1. The van der Waals surface area contributed by atoms with E-state index in [-0.39, 0.29) is 29.6 Å². The Hall–Kier alpha value is -1.59. The summed E-state index contributed by atoms with van der Waals surface area (Å²) in [5.74, 6) is -0.697. The van der Waals surface area contributed by atoms with Crippen LogP contribution < -0.4 is 0 Å². The molecule has 0 amide bonds. The van der Waals surface area contributed by atoms with E-state index in [2.05, 4.69) is 0 Å². The highest BCUT2D eigenvalue weighted by molar-refractivity contribution is 6.01. The number of carbonyl (C=O) groups excluding carboxylic acids is 1. The van der Waals surface area contributed by atoms with Gasteiger partial charge in [-0.15, -0.1) is 0 Å². The van der Waals surface area contributed by atoms with Crippen LogP contribution in [0, 0.1) is 11.3 Å². The van der Waals surface area contributed by atoms with Crippen LogP contribution >= 0.6 is 0 Å². The predicted octanol–water partition coefficient (Wildman–Crippen LogP) is 2.66. The zero-order valence-corrected chi connectivity index (χ0v) is 15.3. The van der Waals surface area contributed by atoms with Gasteiger partial charge in [-0.2, -0.15) is 0 Å². The van der Waals surface area contributed by atoms with Crippen LogP contribution in [-0.4, -0.2) is 38.4 Å². The fraction of sp³-hybridized carbons (Fsp3) is 0.650. The van der Waals surface area contributed by atoms with Crippen molar-refractivity contribution >= 4 is 5.78 Å². The molecule has 5 heteroatoms. The molecule has 1 aromatic rings. The van der Waals surface area contributed by atoms with E-state index in [9.17, 15) is 25.2 Å². The van der Waals surface area contributed by atoms with E-state index < -0.39 is 23.0 Å². The largest absolute Gasteiger partial charge is 0.504 e. The first kappa shape index (κ1) is 18.2. The maximum absolute atomic E-state index is 12.8. The van der Waals surface area contributed by atoms with Gasteiger partial charge in [0.2, 0.25) is 0 Å². The molecule has 0 heterocycles. The smallest absolute Gasteiger partial charge is 0.163 e. The number of aliphatic hydroxyl groups is 2. The molecule has 4 N–H and O–H groups in total. The minimum atomic E-state index is -0.686. The molecule has 0 bridgehead atoms. The Morgan fingerprint density at radius 1 is 1.24 bits per heavy atom. The standard InChI is InChI=1S/C20H28O5/c1-10(21)7-11-8-12-13(22)9-14-19(2,3)15(23)5-6-20(14,4)16(12)18(25)17(11)24/h8,10,14-15,21,23-25H,5-7,9H2,1-4H3/t10?,14-,15-,20-/m1/s1. The topological polar surface area (TPSA) is 98.0 Å². The molecule has 2 aliphatic carbocycles. The van der Waals surface area contributed by atoms with E-state index in [0.717, 1.165) is 0 Å². The van der Waals surface area contributed by atoms with Crippen molar-refractivity contribution in [2.24, 2.45) is 11.3 Å². The molecule has 0 radical (unpaired) electrons. The summed E-state index contributed by atoms with van der Waals surface area (Å²) in [6.07, 6.45) is 0.532. The number of benzene rings is 1. The van der Waals surface area contributed by atoms with Gasteiger partial charge in [0, 0.05) is 34.9 Å². The van der Waals surface area contributed by atoms with Crippen molar-refractivity contribution in [2.75, 3.05) is 0 Å². The van der Waals surface area contributed by atoms with Crippen molar-refractivity contribution in [3.63, 3.8) is 0 Å². The monoisotopic (exact) mass is 348 g/mol. The second kappa shape index (κ2) is 5.71. The molecule has 1 unspecified atom stereocenters. The average Bonchev–Trinajstić information content (AvgIpc) is 2.51. The minimum absolute atomic E-state index is 0.0817. The van der Waals surface area contributed by atoms with E-state index in [0.29, 0.717) is 36.0 Å². The van der Waals surface area contributed by atoms with E-state index in [1.54, 1.807) is 13.0 Å². The molecular formula is C20H28O5. The van der Waals surface area contributed by atoms with Gasteiger partial charge in [0.15, 0.2) is 17.3 Å². The van der Waals surface area contributed by atoms with Crippen molar-refractivity contribution < 1.29 is 25.2 Å².